The molecule has 0 aromatic rings. The van der Waals surface area contributed by atoms with E-state index in [1.807, 2.05) is 0 Å². The summed E-state index contributed by atoms with van der Waals surface area (Å²) in [6, 6.07) is 0.00926. The van der Waals surface area contributed by atoms with E-state index in [-0.39, 0.29) is 11.9 Å². The summed E-state index contributed by atoms with van der Waals surface area (Å²) in [4.78, 5) is 10.8. The summed E-state index contributed by atoms with van der Waals surface area (Å²) in [7, 11) is 0. The van der Waals surface area contributed by atoms with E-state index in [0.717, 1.165) is 0 Å². The predicted molar refractivity (Wildman–Crippen MR) is 36.4 cm³/mol. The van der Waals surface area contributed by atoms with Crippen LogP contribution in [0.1, 0.15) is 6.42 Å². The molecule has 1 unspecified atom stereocenters. The van der Waals surface area contributed by atoms with Crippen molar-refractivity contribution in [1.29, 1.82) is 0 Å². The van der Waals surface area contributed by atoms with Gasteiger partial charge in [-0.1, -0.05) is 0 Å². The van der Waals surface area contributed by atoms with Gasteiger partial charge in [-0.15, -0.1) is 0 Å². The third-order valence-corrected chi connectivity index (χ3v) is 1.44. The van der Waals surface area contributed by atoms with Crippen molar-refractivity contribution in [3.05, 3.63) is 0 Å². The first-order valence-corrected chi connectivity index (χ1v) is 3.40. The Kier molecular flexibility index (Phi) is 2.65. The smallest absolute Gasteiger partial charge is 0.222 e. The number of hydrogen-bond acceptors (Lipinski definition) is 3. The van der Waals surface area contributed by atoms with Gasteiger partial charge in [0.05, 0.1) is 19.3 Å². The molecule has 0 bridgehead atoms. The van der Waals surface area contributed by atoms with Gasteiger partial charge in [0.25, 0.3) is 0 Å². The lowest BCUT2D eigenvalue weighted by Crippen LogP contribution is -2.41. The van der Waals surface area contributed by atoms with Gasteiger partial charge in [-0.05, 0) is 0 Å². The molecule has 0 aromatic carbocycles. The molecular formula is C6H12N2O2. The van der Waals surface area contributed by atoms with E-state index in [2.05, 4.69) is 5.32 Å². The average Bonchev–Trinajstić information content (AvgIpc) is 2.13. The minimum absolute atomic E-state index is 0.00926. The molecule has 1 rings (SSSR count). The van der Waals surface area contributed by atoms with Crippen LogP contribution in [-0.2, 0) is 9.53 Å². The van der Waals surface area contributed by atoms with Gasteiger partial charge in [-0.25, -0.2) is 0 Å². The zero-order valence-electron chi connectivity index (χ0n) is 5.80. The second kappa shape index (κ2) is 3.53. The third-order valence-electron chi connectivity index (χ3n) is 1.44. The Bertz CT molecular complexity index is 127. The Hall–Kier alpha value is -0.610. The van der Waals surface area contributed by atoms with E-state index in [4.69, 9.17) is 10.5 Å². The van der Waals surface area contributed by atoms with E-state index in [1.165, 1.54) is 0 Å². The number of carbonyl (C=O) groups excluding carboxylic acids is 1. The van der Waals surface area contributed by atoms with E-state index in [1.54, 1.807) is 0 Å². The van der Waals surface area contributed by atoms with E-state index >= 15 is 0 Å². The molecule has 1 atom stereocenters. The maximum atomic E-state index is 10.8. The molecule has 58 valence electrons. The number of rotatable bonds is 1. The Balaban J connectivity index is 2.38. The SMILES string of the molecule is NCC1COCCC(=O)N1. The number of carbonyl (C=O) groups is 1. The molecule has 10 heavy (non-hydrogen) atoms. The quantitative estimate of drug-likeness (QED) is 0.488. The number of hydrogen-bond donors (Lipinski definition) is 2. The first-order chi connectivity index (χ1) is 4.83. The minimum Gasteiger partial charge on any atom is -0.379 e. The highest BCUT2D eigenvalue weighted by atomic mass is 16.5. The molecule has 1 fully saturated rings. The van der Waals surface area contributed by atoms with E-state index < -0.39 is 0 Å². The van der Waals surface area contributed by atoms with Crippen LogP contribution >= 0.6 is 0 Å². The normalized spacial score (nSPS) is 27.3. The fourth-order valence-corrected chi connectivity index (χ4v) is 0.859. The highest BCUT2D eigenvalue weighted by Gasteiger charge is 2.14. The minimum atomic E-state index is 0.00926. The first kappa shape index (κ1) is 7.50. The second-order valence-corrected chi connectivity index (χ2v) is 2.33. The van der Waals surface area contributed by atoms with Crippen molar-refractivity contribution in [2.75, 3.05) is 19.8 Å². The lowest BCUT2D eigenvalue weighted by atomic mass is 10.3. The number of nitrogens with one attached hydrogen (secondary N) is 1. The Morgan fingerprint density at radius 1 is 1.80 bits per heavy atom. The van der Waals surface area contributed by atoms with Gasteiger partial charge in [-0.3, -0.25) is 4.79 Å². The van der Waals surface area contributed by atoms with Crippen LogP contribution in [0, 0.1) is 0 Å². The molecule has 1 aliphatic rings. The molecule has 0 spiro atoms. The molecule has 0 radical (unpaired) electrons. The molecule has 4 nitrogen and oxygen atoms in total. The monoisotopic (exact) mass is 144 g/mol. The van der Waals surface area contributed by atoms with Gasteiger partial charge in [-0.2, -0.15) is 0 Å². The zero-order chi connectivity index (χ0) is 7.40. The number of amides is 1. The average molecular weight is 144 g/mol. The summed E-state index contributed by atoms with van der Waals surface area (Å²) in [6.07, 6.45) is 0.455. The molecule has 0 aliphatic carbocycles. The Morgan fingerprint density at radius 3 is 3.30 bits per heavy atom. The van der Waals surface area contributed by atoms with E-state index in [9.17, 15) is 4.79 Å². The molecule has 1 amide bonds. The lowest BCUT2D eigenvalue weighted by molar-refractivity contribution is -0.121. The number of ether oxygens (including phenoxy) is 1. The second-order valence-electron chi connectivity index (χ2n) is 2.33. The molecule has 0 aromatic heterocycles. The van der Waals surface area contributed by atoms with Crippen molar-refractivity contribution in [3.63, 3.8) is 0 Å². The van der Waals surface area contributed by atoms with Crippen LogP contribution in [0.2, 0.25) is 0 Å². The van der Waals surface area contributed by atoms with Crippen molar-refractivity contribution in [2.24, 2.45) is 5.73 Å². The van der Waals surface area contributed by atoms with Gasteiger partial charge in [0.15, 0.2) is 0 Å². The van der Waals surface area contributed by atoms with Gasteiger partial charge in [0.1, 0.15) is 0 Å². The van der Waals surface area contributed by atoms with Gasteiger partial charge < -0.3 is 15.8 Å². The Morgan fingerprint density at radius 2 is 2.60 bits per heavy atom. The van der Waals surface area contributed by atoms with Crippen molar-refractivity contribution >= 4 is 5.91 Å². The summed E-state index contributed by atoms with van der Waals surface area (Å²) < 4.78 is 5.11. The van der Waals surface area contributed by atoms with Crippen LogP contribution in [0.15, 0.2) is 0 Å². The van der Waals surface area contributed by atoms with Crippen molar-refractivity contribution in [2.45, 2.75) is 12.5 Å². The first-order valence-electron chi connectivity index (χ1n) is 3.40. The summed E-state index contributed by atoms with van der Waals surface area (Å²) in [6.45, 7) is 1.51. The fourth-order valence-electron chi connectivity index (χ4n) is 0.859. The van der Waals surface area contributed by atoms with Crippen LogP contribution in [0.3, 0.4) is 0 Å². The molecule has 1 heterocycles. The summed E-state index contributed by atoms with van der Waals surface area (Å²) >= 11 is 0. The summed E-state index contributed by atoms with van der Waals surface area (Å²) in [5.74, 6) is 0.0351. The van der Waals surface area contributed by atoms with Crippen LogP contribution in [0.4, 0.5) is 0 Å². The molecule has 1 aliphatic heterocycles. The molecule has 4 heteroatoms. The molecule has 1 saturated heterocycles. The van der Waals surface area contributed by atoms with Crippen LogP contribution in [0.5, 0.6) is 0 Å². The van der Waals surface area contributed by atoms with Crippen LogP contribution in [0.25, 0.3) is 0 Å². The van der Waals surface area contributed by atoms with Gasteiger partial charge >= 0.3 is 0 Å². The van der Waals surface area contributed by atoms with Crippen LogP contribution < -0.4 is 11.1 Å². The zero-order valence-corrected chi connectivity index (χ0v) is 5.80. The number of nitrogens with two attached hydrogens (primary N) is 1. The van der Waals surface area contributed by atoms with Crippen LogP contribution in [-0.4, -0.2) is 31.7 Å². The largest absolute Gasteiger partial charge is 0.379 e. The fraction of sp³-hybridized carbons (Fsp3) is 0.833. The third kappa shape index (κ3) is 1.97. The maximum absolute atomic E-state index is 10.8. The molecule has 0 saturated carbocycles. The molecule has 3 N–H and O–H groups in total. The topological polar surface area (TPSA) is 64.3 Å². The maximum Gasteiger partial charge on any atom is 0.222 e. The standard InChI is InChI=1S/C6H12N2O2/c7-3-5-4-10-2-1-6(9)8-5/h5H,1-4,7H2,(H,8,9). The highest BCUT2D eigenvalue weighted by molar-refractivity contribution is 5.76. The van der Waals surface area contributed by atoms with Gasteiger partial charge in [0, 0.05) is 13.0 Å². The van der Waals surface area contributed by atoms with Crippen molar-refractivity contribution < 1.29 is 9.53 Å². The predicted octanol–water partition coefficient (Wildman–Crippen LogP) is -1.15. The molecular weight excluding hydrogens is 132 g/mol. The van der Waals surface area contributed by atoms with Crippen molar-refractivity contribution in [1.82, 2.24) is 5.32 Å². The van der Waals surface area contributed by atoms with Crippen molar-refractivity contribution in [3.8, 4) is 0 Å². The Labute approximate surface area is 59.7 Å². The summed E-state index contributed by atoms with van der Waals surface area (Å²) in [5.41, 5.74) is 5.34. The van der Waals surface area contributed by atoms with Gasteiger partial charge in [0.2, 0.25) is 5.91 Å². The lowest BCUT2D eigenvalue weighted by Gasteiger charge is -2.11. The van der Waals surface area contributed by atoms with E-state index in [0.29, 0.717) is 26.2 Å². The summed E-state index contributed by atoms with van der Waals surface area (Å²) in [5, 5.41) is 2.74. The highest BCUT2D eigenvalue weighted by Crippen LogP contribution is 1.93.